The molecule has 0 aromatic carbocycles. The Morgan fingerprint density at radius 1 is 1.77 bits per heavy atom. The minimum absolute atomic E-state index is 0.00527. The van der Waals surface area contributed by atoms with E-state index in [1.165, 1.54) is 4.67 Å². The summed E-state index contributed by atoms with van der Waals surface area (Å²) in [6.45, 7) is 2.12. The lowest BCUT2D eigenvalue weighted by Gasteiger charge is -2.29. The van der Waals surface area contributed by atoms with Crippen molar-refractivity contribution < 1.29 is 14.3 Å². The highest BCUT2D eigenvalue weighted by atomic mass is 31.0. The first kappa shape index (κ1) is 10.5. The van der Waals surface area contributed by atoms with E-state index in [-0.39, 0.29) is 11.9 Å². The van der Waals surface area contributed by atoms with Crippen LogP contribution in [0.3, 0.4) is 0 Å². The summed E-state index contributed by atoms with van der Waals surface area (Å²) in [6.07, 6.45) is 2.00. The van der Waals surface area contributed by atoms with Crippen LogP contribution in [0.2, 0.25) is 0 Å². The van der Waals surface area contributed by atoms with Gasteiger partial charge in [0.05, 0.1) is 6.61 Å². The van der Waals surface area contributed by atoms with E-state index in [0.29, 0.717) is 19.4 Å². The molecule has 0 radical (unpaired) electrons. The van der Waals surface area contributed by atoms with Gasteiger partial charge in [0.1, 0.15) is 6.04 Å². The second-order valence-electron chi connectivity index (χ2n) is 2.96. The van der Waals surface area contributed by atoms with Crippen molar-refractivity contribution in [3.8, 4) is 0 Å². The second kappa shape index (κ2) is 4.56. The van der Waals surface area contributed by atoms with Crippen molar-refractivity contribution >= 4 is 21.3 Å². The molecule has 13 heavy (non-hydrogen) atoms. The molecule has 1 rings (SSSR count). The van der Waals surface area contributed by atoms with Gasteiger partial charge in [0, 0.05) is 6.42 Å². The highest BCUT2D eigenvalue weighted by Gasteiger charge is 2.31. The fourth-order valence-corrected chi connectivity index (χ4v) is 1.76. The van der Waals surface area contributed by atoms with Crippen molar-refractivity contribution in [2.45, 2.75) is 32.2 Å². The van der Waals surface area contributed by atoms with Gasteiger partial charge in [-0.05, 0) is 29.2 Å². The van der Waals surface area contributed by atoms with Crippen LogP contribution in [0.25, 0.3) is 0 Å². The molecule has 4 nitrogen and oxygen atoms in total. The summed E-state index contributed by atoms with van der Waals surface area (Å²) >= 11 is 0. The van der Waals surface area contributed by atoms with Gasteiger partial charge < -0.3 is 9.41 Å². The topological polar surface area (TPSA) is 46.6 Å². The minimum Gasteiger partial charge on any atom is -0.464 e. The van der Waals surface area contributed by atoms with Gasteiger partial charge in [0.15, 0.2) is 0 Å². The van der Waals surface area contributed by atoms with Crippen molar-refractivity contribution in [1.29, 1.82) is 0 Å². The molecule has 0 aromatic heterocycles. The third-order valence-electron chi connectivity index (χ3n) is 2.05. The van der Waals surface area contributed by atoms with Gasteiger partial charge in [0.2, 0.25) is 5.91 Å². The Morgan fingerprint density at radius 2 is 2.46 bits per heavy atom. The highest BCUT2D eigenvalue weighted by molar-refractivity contribution is 7.14. The average molecular weight is 203 g/mol. The van der Waals surface area contributed by atoms with Crippen molar-refractivity contribution in [2.75, 3.05) is 6.61 Å². The Balaban J connectivity index is 2.57. The van der Waals surface area contributed by atoms with Crippen LogP contribution in [-0.4, -0.2) is 29.2 Å². The molecule has 0 aliphatic carbocycles. The van der Waals surface area contributed by atoms with Gasteiger partial charge in [-0.2, -0.15) is 0 Å². The molecule has 1 fully saturated rings. The van der Waals surface area contributed by atoms with Crippen LogP contribution < -0.4 is 0 Å². The van der Waals surface area contributed by atoms with Gasteiger partial charge >= 0.3 is 5.97 Å². The van der Waals surface area contributed by atoms with E-state index < -0.39 is 6.04 Å². The largest absolute Gasteiger partial charge is 0.464 e. The lowest BCUT2D eigenvalue weighted by molar-refractivity contribution is -0.152. The summed E-state index contributed by atoms with van der Waals surface area (Å²) in [5.74, 6) is -0.306. The van der Waals surface area contributed by atoms with Crippen LogP contribution in [0.1, 0.15) is 26.2 Å². The zero-order chi connectivity index (χ0) is 9.84. The molecule has 1 saturated heterocycles. The Morgan fingerprint density at radius 3 is 3.08 bits per heavy atom. The average Bonchev–Trinajstić information content (AvgIpc) is 2.10. The van der Waals surface area contributed by atoms with Gasteiger partial charge in [-0.3, -0.25) is 4.79 Å². The highest BCUT2D eigenvalue weighted by Crippen LogP contribution is 2.22. The number of esters is 1. The van der Waals surface area contributed by atoms with E-state index in [2.05, 4.69) is 9.39 Å². The molecular formula is C8H14NO3P. The number of amides is 1. The molecule has 1 aliphatic heterocycles. The molecular weight excluding hydrogens is 189 g/mol. The summed E-state index contributed by atoms with van der Waals surface area (Å²) in [6, 6.07) is -0.397. The van der Waals surface area contributed by atoms with Crippen LogP contribution in [0.15, 0.2) is 0 Å². The van der Waals surface area contributed by atoms with Crippen LogP contribution in [0, 0.1) is 0 Å². The summed E-state index contributed by atoms with van der Waals surface area (Å²) < 4.78 is 6.26. The minimum atomic E-state index is -0.397. The van der Waals surface area contributed by atoms with Gasteiger partial charge in [-0.25, -0.2) is 4.79 Å². The Labute approximate surface area is 79.9 Å². The number of hydrogen-bond donors (Lipinski definition) is 0. The van der Waals surface area contributed by atoms with Crippen LogP contribution in [-0.2, 0) is 14.3 Å². The molecule has 1 aliphatic rings. The predicted octanol–water partition coefficient (Wildman–Crippen LogP) is 0.721. The predicted molar refractivity (Wildman–Crippen MR) is 50.8 cm³/mol. The lowest BCUT2D eigenvalue weighted by Crippen LogP contribution is -2.42. The van der Waals surface area contributed by atoms with E-state index in [9.17, 15) is 9.59 Å². The fraction of sp³-hybridized carbons (Fsp3) is 0.750. The van der Waals surface area contributed by atoms with E-state index in [4.69, 9.17) is 4.74 Å². The Bertz CT molecular complexity index is 219. The SMILES string of the molecule is CCOC(=O)C1CCCC(=O)N1P. The van der Waals surface area contributed by atoms with Crippen molar-refractivity contribution in [3.63, 3.8) is 0 Å². The first-order chi connectivity index (χ1) is 6.16. The molecule has 1 heterocycles. The van der Waals surface area contributed by atoms with Gasteiger partial charge in [0.25, 0.3) is 0 Å². The molecule has 2 unspecified atom stereocenters. The first-order valence-corrected chi connectivity index (χ1v) is 4.92. The van der Waals surface area contributed by atoms with E-state index >= 15 is 0 Å². The third-order valence-corrected chi connectivity index (χ3v) is 2.70. The fourth-order valence-electron chi connectivity index (χ4n) is 1.36. The molecule has 0 saturated carbocycles. The molecule has 2 atom stereocenters. The van der Waals surface area contributed by atoms with E-state index in [1.54, 1.807) is 6.92 Å². The van der Waals surface area contributed by atoms with Crippen LogP contribution >= 0.6 is 9.39 Å². The van der Waals surface area contributed by atoms with Crippen LogP contribution in [0.5, 0.6) is 0 Å². The zero-order valence-corrected chi connectivity index (χ0v) is 8.81. The summed E-state index contributed by atoms with van der Waals surface area (Å²) in [4.78, 5) is 22.5. The summed E-state index contributed by atoms with van der Waals surface area (Å²) in [5, 5.41) is 0. The van der Waals surface area contributed by atoms with Crippen LogP contribution in [0.4, 0.5) is 0 Å². The number of rotatable bonds is 2. The van der Waals surface area contributed by atoms with E-state index in [1.807, 2.05) is 0 Å². The van der Waals surface area contributed by atoms with Gasteiger partial charge in [-0.15, -0.1) is 0 Å². The van der Waals surface area contributed by atoms with Crippen molar-refractivity contribution in [1.82, 2.24) is 4.67 Å². The zero-order valence-electron chi connectivity index (χ0n) is 7.66. The lowest BCUT2D eigenvalue weighted by atomic mass is 10.0. The van der Waals surface area contributed by atoms with Gasteiger partial charge in [-0.1, -0.05) is 0 Å². The maximum atomic E-state index is 11.3. The number of hydrogen-bond acceptors (Lipinski definition) is 3. The molecule has 0 bridgehead atoms. The number of carbonyl (C=O) groups excluding carboxylic acids is 2. The molecule has 0 spiro atoms. The molecule has 5 heteroatoms. The second-order valence-corrected chi connectivity index (χ2v) is 3.52. The quantitative estimate of drug-likeness (QED) is 0.490. The van der Waals surface area contributed by atoms with Crippen molar-refractivity contribution in [2.24, 2.45) is 0 Å². The van der Waals surface area contributed by atoms with Crippen molar-refractivity contribution in [3.05, 3.63) is 0 Å². The number of piperidine rings is 1. The monoisotopic (exact) mass is 203 g/mol. The first-order valence-electron chi connectivity index (χ1n) is 4.40. The molecule has 0 aromatic rings. The normalized spacial score (nSPS) is 23.1. The maximum absolute atomic E-state index is 11.3. The summed E-state index contributed by atoms with van der Waals surface area (Å²) in [7, 11) is 2.29. The number of ether oxygens (including phenoxy) is 1. The maximum Gasteiger partial charge on any atom is 0.329 e. The standard InChI is InChI=1S/C8H14NO3P/c1-2-12-8(11)6-4-3-5-7(10)9(6)13/h6H,2-5,13H2,1H3. The molecule has 1 amide bonds. The smallest absolute Gasteiger partial charge is 0.329 e. The Kier molecular flexibility index (Phi) is 3.67. The molecule has 0 N–H and O–H groups in total. The van der Waals surface area contributed by atoms with E-state index in [0.717, 1.165) is 6.42 Å². The number of nitrogens with zero attached hydrogens (tertiary/aromatic N) is 1. The Hall–Kier alpha value is -0.630. The summed E-state index contributed by atoms with van der Waals surface area (Å²) in [5.41, 5.74) is 0. The third kappa shape index (κ3) is 2.41. The molecule has 74 valence electrons. The number of carbonyl (C=O) groups is 2.